The molecule has 10 nitrogen and oxygen atoms in total. The minimum atomic E-state index is -1.05. The van der Waals surface area contributed by atoms with Crippen LogP contribution in [0.5, 0.6) is 5.75 Å². The first-order valence-electron chi connectivity index (χ1n) is 10.7. The average Bonchev–Trinajstić information content (AvgIpc) is 2.84. The molecule has 0 unspecified atom stereocenters. The number of benzene rings is 2. The van der Waals surface area contributed by atoms with Crippen LogP contribution in [0.25, 0.3) is 0 Å². The average molecular weight is 447 g/mol. The Morgan fingerprint density at radius 2 is 1.73 bits per heavy atom. The largest absolute Gasteiger partial charge is 0.481 e. The molecular formula is C23H25N7O3. The topological polar surface area (TPSA) is 125 Å². The molecule has 33 heavy (non-hydrogen) atoms. The lowest BCUT2D eigenvalue weighted by Crippen LogP contribution is -2.31. The molecule has 3 N–H and O–H groups in total. The molecule has 10 heteroatoms. The third-order valence-corrected chi connectivity index (χ3v) is 4.93. The van der Waals surface area contributed by atoms with Gasteiger partial charge in [0.1, 0.15) is 5.75 Å². The van der Waals surface area contributed by atoms with Gasteiger partial charge in [-0.05, 0) is 43.5 Å². The van der Waals surface area contributed by atoms with E-state index in [9.17, 15) is 4.79 Å². The summed E-state index contributed by atoms with van der Waals surface area (Å²) in [5.74, 6) is 0.671. The number of rotatable bonds is 9. The van der Waals surface area contributed by atoms with Crippen molar-refractivity contribution in [2.75, 3.05) is 35.3 Å². The molecule has 0 aliphatic carbocycles. The van der Waals surface area contributed by atoms with E-state index in [1.54, 1.807) is 18.2 Å². The molecule has 1 aliphatic heterocycles. The van der Waals surface area contributed by atoms with E-state index in [0.717, 1.165) is 31.6 Å². The number of hydrogen-bond acceptors (Lipinski definition) is 9. The van der Waals surface area contributed by atoms with Crippen molar-refractivity contribution in [2.24, 2.45) is 5.10 Å². The second kappa shape index (κ2) is 10.9. The van der Waals surface area contributed by atoms with Crippen LogP contribution < -0.4 is 20.4 Å². The van der Waals surface area contributed by atoms with Crippen LogP contribution in [0.15, 0.2) is 59.7 Å². The molecule has 170 valence electrons. The van der Waals surface area contributed by atoms with Crippen LogP contribution in [0.4, 0.5) is 23.5 Å². The molecule has 0 atom stereocenters. The van der Waals surface area contributed by atoms with Crippen LogP contribution in [0.1, 0.15) is 24.8 Å². The highest BCUT2D eigenvalue weighted by Gasteiger charge is 2.16. The molecule has 1 aromatic heterocycles. The summed E-state index contributed by atoms with van der Waals surface area (Å²) < 4.78 is 5.31. The van der Waals surface area contributed by atoms with Gasteiger partial charge < -0.3 is 20.1 Å². The fourth-order valence-corrected chi connectivity index (χ4v) is 3.37. The van der Waals surface area contributed by atoms with Gasteiger partial charge in [0.2, 0.25) is 17.8 Å². The van der Waals surface area contributed by atoms with Crippen molar-refractivity contribution in [2.45, 2.75) is 19.3 Å². The molecule has 0 spiro atoms. The monoisotopic (exact) mass is 447 g/mol. The Kier molecular flexibility index (Phi) is 7.26. The van der Waals surface area contributed by atoms with Crippen molar-refractivity contribution in [3.05, 3.63) is 60.2 Å². The zero-order valence-electron chi connectivity index (χ0n) is 18.0. The Morgan fingerprint density at radius 3 is 2.52 bits per heavy atom. The molecule has 2 heterocycles. The maximum absolute atomic E-state index is 10.8. The fourth-order valence-electron chi connectivity index (χ4n) is 3.37. The fraction of sp³-hybridized carbons (Fsp3) is 0.261. The normalized spacial score (nSPS) is 13.6. The number of nitrogens with one attached hydrogen (secondary N) is 2. The van der Waals surface area contributed by atoms with Crippen LogP contribution in [0.2, 0.25) is 0 Å². The number of aliphatic carboxylic acids is 1. The number of hydrogen-bond donors (Lipinski definition) is 3. The molecule has 2 aromatic carbocycles. The third kappa shape index (κ3) is 6.39. The van der Waals surface area contributed by atoms with Gasteiger partial charge in [-0.1, -0.05) is 30.3 Å². The summed E-state index contributed by atoms with van der Waals surface area (Å²) in [6.45, 7) is 1.36. The van der Waals surface area contributed by atoms with E-state index in [1.807, 2.05) is 36.4 Å². The van der Waals surface area contributed by atoms with Crippen LogP contribution in [0.3, 0.4) is 0 Å². The van der Waals surface area contributed by atoms with Gasteiger partial charge in [0, 0.05) is 24.3 Å². The molecule has 3 aromatic rings. The summed E-state index contributed by atoms with van der Waals surface area (Å²) in [4.78, 5) is 26.5. The first kappa shape index (κ1) is 22.0. The van der Waals surface area contributed by atoms with E-state index < -0.39 is 12.6 Å². The van der Waals surface area contributed by atoms with Crippen molar-refractivity contribution in [1.29, 1.82) is 0 Å². The van der Waals surface area contributed by atoms with Gasteiger partial charge in [0.05, 0.1) is 6.21 Å². The number of carboxylic acid groups (broad SMARTS) is 1. The quantitative estimate of drug-likeness (QED) is 0.334. The maximum atomic E-state index is 10.8. The van der Waals surface area contributed by atoms with E-state index in [1.165, 1.54) is 12.6 Å². The van der Waals surface area contributed by atoms with E-state index in [2.05, 4.69) is 35.7 Å². The van der Waals surface area contributed by atoms with Crippen LogP contribution >= 0.6 is 0 Å². The summed E-state index contributed by atoms with van der Waals surface area (Å²) in [6, 6.07) is 16.7. The summed E-state index contributed by atoms with van der Waals surface area (Å²) in [5.41, 5.74) is 4.35. The number of para-hydroxylation sites is 2. The van der Waals surface area contributed by atoms with Crippen molar-refractivity contribution >= 4 is 35.7 Å². The van der Waals surface area contributed by atoms with Gasteiger partial charge in [-0.3, -0.25) is 0 Å². The Hall–Kier alpha value is -4.21. The highest BCUT2D eigenvalue weighted by atomic mass is 16.5. The molecule has 1 saturated heterocycles. The number of hydrazone groups is 1. The standard InChI is InChI=1S/C23H25N7O3/c31-20(32)16-33-19-12-6-5-9-17(19)15-24-29-22-26-21(25-18-10-3-1-4-11-18)27-23(28-22)30-13-7-2-8-14-30/h1,3-6,9-12,15H,2,7-8,13-14,16H2,(H,31,32)(H2,25,26,27,28,29). The minimum absolute atomic E-state index is 0.296. The van der Waals surface area contributed by atoms with E-state index in [4.69, 9.17) is 9.84 Å². The van der Waals surface area contributed by atoms with Crippen molar-refractivity contribution < 1.29 is 14.6 Å². The second-order valence-corrected chi connectivity index (χ2v) is 7.41. The zero-order chi connectivity index (χ0) is 22.9. The van der Waals surface area contributed by atoms with Gasteiger partial charge in [0.25, 0.3) is 0 Å². The number of carbonyl (C=O) groups is 1. The number of nitrogens with zero attached hydrogens (tertiary/aromatic N) is 5. The van der Waals surface area contributed by atoms with Crippen molar-refractivity contribution in [1.82, 2.24) is 15.0 Å². The zero-order valence-corrected chi connectivity index (χ0v) is 18.0. The first-order chi connectivity index (χ1) is 16.2. The minimum Gasteiger partial charge on any atom is -0.481 e. The Bertz CT molecular complexity index is 1100. The maximum Gasteiger partial charge on any atom is 0.341 e. The Morgan fingerprint density at radius 1 is 1.00 bits per heavy atom. The van der Waals surface area contributed by atoms with Gasteiger partial charge >= 0.3 is 5.97 Å². The van der Waals surface area contributed by atoms with Gasteiger partial charge in [-0.25, -0.2) is 10.2 Å². The molecule has 4 rings (SSSR count). The molecule has 1 fully saturated rings. The summed E-state index contributed by atoms with van der Waals surface area (Å²) in [6.07, 6.45) is 4.93. The van der Waals surface area contributed by atoms with Crippen LogP contribution in [0, 0.1) is 0 Å². The lowest BCUT2D eigenvalue weighted by molar-refractivity contribution is -0.139. The number of carboxylic acids is 1. The molecular weight excluding hydrogens is 422 g/mol. The summed E-state index contributed by atoms with van der Waals surface area (Å²) in [5, 5.41) is 16.3. The number of piperidine rings is 1. The highest BCUT2D eigenvalue weighted by Crippen LogP contribution is 2.21. The predicted molar refractivity (Wildman–Crippen MR) is 126 cm³/mol. The van der Waals surface area contributed by atoms with Crippen molar-refractivity contribution in [3.63, 3.8) is 0 Å². The smallest absolute Gasteiger partial charge is 0.341 e. The lowest BCUT2D eigenvalue weighted by atomic mass is 10.1. The third-order valence-electron chi connectivity index (χ3n) is 4.93. The second-order valence-electron chi connectivity index (χ2n) is 7.41. The van der Waals surface area contributed by atoms with Crippen LogP contribution in [-0.2, 0) is 4.79 Å². The molecule has 1 aliphatic rings. The van der Waals surface area contributed by atoms with E-state index >= 15 is 0 Å². The Labute approximate surface area is 191 Å². The molecule has 0 bridgehead atoms. The van der Waals surface area contributed by atoms with Gasteiger partial charge in [-0.2, -0.15) is 20.1 Å². The molecule has 0 radical (unpaired) electrons. The summed E-state index contributed by atoms with van der Waals surface area (Å²) in [7, 11) is 0. The van der Waals surface area contributed by atoms with Gasteiger partial charge in [0.15, 0.2) is 6.61 Å². The number of anilines is 4. The predicted octanol–water partition coefficient (Wildman–Crippen LogP) is 3.51. The molecule has 0 amide bonds. The number of ether oxygens (including phenoxy) is 1. The first-order valence-corrected chi connectivity index (χ1v) is 10.7. The van der Waals surface area contributed by atoms with Crippen LogP contribution in [-0.4, -0.2) is 51.9 Å². The summed E-state index contributed by atoms with van der Waals surface area (Å²) >= 11 is 0. The van der Waals surface area contributed by atoms with E-state index in [-0.39, 0.29) is 0 Å². The lowest BCUT2D eigenvalue weighted by Gasteiger charge is -2.26. The molecule has 0 saturated carbocycles. The van der Waals surface area contributed by atoms with E-state index in [0.29, 0.717) is 29.2 Å². The highest BCUT2D eigenvalue weighted by molar-refractivity contribution is 5.84. The number of aromatic nitrogens is 3. The van der Waals surface area contributed by atoms with Crippen molar-refractivity contribution in [3.8, 4) is 5.75 Å². The Balaban J connectivity index is 1.54. The van der Waals surface area contributed by atoms with Gasteiger partial charge in [-0.15, -0.1) is 0 Å². The SMILES string of the molecule is O=C(O)COc1ccccc1C=NNc1nc(Nc2ccccc2)nc(N2CCCCC2)n1.